The lowest BCUT2D eigenvalue weighted by Crippen LogP contribution is -2.43. The number of nitrogens with two attached hydrogens (primary N) is 1. The Hall–Kier alpha value is -2.26. The highest BCUT2D eigenvalue weighted by Gasteiger charge is 2.93. The summed E-state index contributed by atoms with van der Waals surface area (Å²) in [4.78, 5) is 6.75. The fraction of sp³-hybridized carbons (Fsp3) is 0.652. The monoisotopic (exact) mass is 443 g/mol. The first-order valence-electron chi connectivity index (χ1n) is 11.7. The number of rotatable bonds is 6. The van der Waals surface area contributed by atoms with Gasteiger partial charge in [-0.3, -0.25) is 9.58 Å². The van der Waals surface area contributed by atoms with Gasteiger partial charge in [-0.2, -0.15) is 13.9 Å². The molecular formula is C23H27F2N5O2. The summed E-state index contributed by atoms with van der Waals surface area (Å²) in [5.74, 6) is 2.08. The number of morpholine rings is 1. The van der Waals surface area contributed by atoms with Gasteiger partial charge < -0.3 is 15.2 Å². The summed E-state index contributed by atoms with van der Waals surface area (Å²) in [6, 6.07) is 4.77. The minimum absolute atomic E-state index is 0.0292. The van der Waals surface area contributed by atoms with Crippen molar-refractivity contribution in [2.24, 2.45) is 17.8 Å². The van der Waals surface area contributed by atoms with Crippen molar-refractivity contribution in [2.75, 3.05) is 32.0 Å². The Morgan fingerprint density at radius 2 is 2.00 bits per heavy atom. The normalized spacial score (nSPS) is 35.6. The third kappa shape index (κ3) is 2.52. The Kier molecular flexibility index (Phi) is 3.99. The topological polar surface area (TPSA) is 78.4 Å². The number of ether oxygens (including phenoxy) is 2. The number of pyridine rings is 1. The molecule has 1 aliphatic heterocycles. The largest absolute Gasteiger partial charge is 0.431 e. The number of aromatic nitrogens is 3. The minimum atomic E-state index is -2.94. The van der Waals surface area contributed by atoms with Crippen molar-refractivity contribution in [3.8, 4) is 17.0 Å². The molecular weight excluding hydrogens is 416 g/mol. The number of anilines is 1. The van der Waals surface area contributed by atoms with Gasteiger partial charge in [-0.05, 0) is 55.6 Å². The van der Waals surface area contributed by atoms with Gasteiger partial charge in [0, 0.05) is 36.3 Å². The van der Waals surface area contributed by atoms with Crippen LogP contribution in [0, 0.1) is 17.8 Å². The zero-order valence-electron chi connectivity index (χ0n) is 17.8. The molecule has 5 aliphatic carbocycles. The van der Waals surface area contributed by atoms with Crippen molar-refractivity contribution in [3.05, 3.63) is 24.0 Å². The molecule has 32 heavy (non-hydrogen) atoms. The molecule has 170 valence electrons. The molecule has 6 aliphatic rings. The van der Waals surface area contributed by atoms with Crippen LogP contribution in [0.5, 0.6) is 5.75 Å². The second-order valence-corrected chi connectivity index (χ2v) is 9.97. The van der Waals surface area contributed by atoms with Crippen molar-refractivity contribution < 1.29 is 18.3 Å². The summed E-state index contributed by atoms with van der Waals surface area (Å²) in [5.41, 5.74) is 8.85. The number of halogens is 2. The quantitative estimate of drug-likeness (QED) is 0.739. The first kappa shape index (κ1) is 19.2. The van der Waals surface area contributed by atoms with Crippen molar-refractivity contribution in [3.63, 3.8) is 0 Å². The average molecular weight is 443 g/mol. The fourth-order valence-electron chi connectivity index (χ4n) is 6.99. The van der Waals surface area contributed by atoms with Gasteiger partial charge in [-0.15, -0.1) is 0 Å². The molecule has 0 spiro atoms. The van der Waals surface area contributed by atoms with Crippen molar-refractivity contribution in [1.82, 2.24) is 19.7 Å². The second kappa shape index (κ2) is 6.63. The lowest BCUT2D eigenvalue weighted by molar-refractivity contribution is -0.0494. The number of hydrogen-bond donors (Lipinski definition) is 1. The Morgan fingerprint density at radius 1 is 1.19 bits per heavy atom. The smallest absolute Gasteiger partial charge is 0.387 e. The van der Waals surface area contributed by atoms with Gasteiger partial charge in [0.2, 0.25) is 0 Å². The second-order valence-electron chi connectivity index (χ2n) is 9.97. The summed E-state index contributed by atoms with van der Waals surface area (Å²) < 4.78 is 37.9. The molecule has 7 nitrogen and oxygen atoms in total. The van der Waals surface area contributed by atoms with Crippen LogP contribution >= 0.6 is 0 Å². The molecule has 0 radical (unpaired) electrons. The van der Waals surface area contributed by atoms with E-state index in [9.17, 15) is 8.78 Å². The maximum absolute atomic E-state index is 12.8. The lowest BCUT2D eigenvalue weighted by Gasteiger charge is -2.32. The molecule has 2 aromatic rings. The Bertz CT molecular complexity index is 1060. The Morgan fingerprint density at radius 3 is 2.69 bits per heavy atom. The van der Waals surface area contributed by atoms with Crippen LogP contribution in [0.2, 0.25) is 0 Å². The van der Waals surface area contributed by atoms with E-state index in [-0.39, 0.29) is 17.0 Å². The molecule has 3 heterocycles. The molecule has 1 unspecified atom stereocenters. The van der Waals surface area contributed by atoms with Gasteiger partial charge in [-0.1, -0.05) is 0 Å². The Balaban J connectivity index is 1.22. The molecule has 0 amide bonds. The number of hydrogen-bond acceptors (Lipinski definition) is 6. The zero-order chi connectivity index (χ0) is 21.6. The van der Waals surface area contributed by atoms with E-state index in [4.69, 9.17) is 15.6 Å². The van der Waals surface area contributed by atoms with Crippen LogP contribution in [0.15, 0.2) is 18.3 Å². The van der Waals surface area contributed by atoms with Crippen LogP contribution < -0.4 is 10.5 Å². The molecule has 1 saturated heterocycles. The average Bonchev–Trinajstić information content (AvgIpc) is 3.32. The van der Waals surface area contributed by atoms with Crippen LogP contribution in [0.4, 0.5) is 14.6 Å². The zero-order valence-corrected chi connectivity index (χ0v) is 17.8. The molecule has 9 heteroatoms. The number of nitrogens with zero attached hydrogens (tertiary/aromatic N) is 4. The van der Waals surface area contributed by atoms with E-state index >= 15 is 0 Å². The highest BCUT2D eigenvalue weighted by Crippen LogP contribution is 2.91. The minimum Gasteiger partial charge on any atom is -0.431 e. The van der Waals surface area contributed by atoms with E-state index in [0.29, 0.717) is 18.0 Å². The number of alkyl halides is 2. The van der Waals surface area contributed by atoms with Crippen molar-refractivity contribution >= 4 is 5.82 Å². The van der Waals surface area contributed by atoms with Gasteiger partial charge in [0.25, 0.3) is 0 Å². The molecule has 5 atom stereocenters. The molecule has 2 aromatic heterocycles. The van der Waals surface area contributed by atoms with Gasteiger partial charge >= 0.3 is 6.61 Å². The van der Waals surface area contributed by atoms with E-state index in [1.54, 1.807) is 12.3 Å². The van der Waals surface area contributed by atoms with E-state index < -0.39 is 6.61 Å². The van der Waals surface area contributed by atoms with Crippen molar-refractivity contribution in [1.29, 1.82) is 0 Å². The first-order valence-corrected chi connectivity index (χ1v) is 11.7. The first-order chi connectivity index (χ1) is 15.6. The van der Waals surface area contributed by atoms with Crippen LogP contribution in [0.3, 0.4) is 0 Å². The maximum atomic E-state index is 12.8. The third-order valence-electron chi connectivity index (χ3n) is 8.74. The van der Waals surface area contributed by atoms with E-state index in [2.05, 4.69) is 25.4 Å². The van der Waals surface area contributed by atoms with Crippen LogP contribution in [-0.4, -0.2) is 58.6 Å². The molecule has 6 fully saturated rings. The highest BCUT2D eigenvalue weighted by atomic mass is 19.3. The number of nitrogen functional groups attached to an aromatic ring is 1. The Labute approximate surface area is 184 Å². The molecule has 2 N–H and O–H groups in total. The third-order valence-corrected chi connectivity index (χ3v) is 8.74. The van der Waals surface area contributed by atoms with E-state index in [1.165, 1.54) is 18.5 Å². The molecule has 5 saturated carbocycles. The van der Waals surface area contributed by atoms with Gasteiger partial charge in [0.1, 0.15) is 0 Å². The predicted octanol–water partition coefficient (Wildman–Crippen LogP) is 3.07. The van der Waals surface area contributed by atoms with Crippen LogP contribution in [0.1, 0.15) is 37.4 Å². The lowest BCUT2D eigenvalue weighted by atomic mass is 9.93. The molecule has 8 rings (SSSR count). The fourth-order valence-corrected chi connectivity index (χ4v) is 6.99. The SMILES string of the molecule is Nc1ncc(-c2cc([C@]34C5[C@@H](N6CCOCC6)C[C@@H]3[C@H]54)nn2C2CCC2)cc1OC(F)F. The van der Waals surface area contributed by atoms with Gasteiger partial charge in [0.05, 0.1) is 30.6 Å². The van der Waals surface area contributed by atoms with Crippen LogP contribution in [0.25, 0.3) is 11.3 Å². The summed E-state index contributed by atoms with van der Waals surface area (Å²) in [7, 11) is 0. The van der Waals surface area contributed by atoms with E-state index in [1.807, 2.05) is 0 Å². The van der Waals surface area contributed by atoms with Gasteiger partial charge in [0.15, 0.2) is 11.6 Å². The van der Waals surface area contributed by atoms with Gasteiger partial charge in [-0.25, -0.2) is 4.98 Å². The molecule has 2 bridgehead atoms. The predicted molar refractivity (Wildman–Crippen MR) is 112 cm³/mol. The number of fused-ring (bicyclic) bond motifs is 1. The summed E-state index contributed by atoms with van der Waals surface area (Å²) in [6.45, 7) is 0.787. The van der Waals surface area contributed by atoms with Crippen molar-refractivity contribution in [2.45, 2.75) is 49.8 Å². The standard InChI is InChI=1S/C23H27F2N5O2/c24-22(25)32-17-8-12(11-27-21(17)26)15-10-18(28-30(15)13-2-1-3-13)23-14-9-16(20(23)19(14)23)29-4-6-31-7-5-29/h8,10-11,13-14,16,19-20,22H,1-7,9H2,(H2,26,27)/t14-,16+,19-,20?,23-/m1/s1. The summed E-state index contributed by atoms with van der Waals surface area (Å²) in [5, 5.41) is 5.14. The van der Waals surface area contributed by atoms with Crippen LogP contribution in [-0.2, 0) is 10.2 Å². The summed E-state index contributed by atoms with van der Waals surface area (Å²) in [6.07, 6.45) is 6.28. The molecule has 0 aromatic carbocycles. The summed E-state index contributed by atoms with van der Waals surface area (Å²) >= 11 is 0. The highest BCUT2D eigenvalue weighted by molar-refractivity contribution is 5.67. The van der Waals surface area contributed by atoms with E-state index in [0.717, 1.165) is 62.2 Å². The maximum Gasteiger partial charge on any atom is 0.387 e.